The summed E-state index contributed by atoms with van der Waals surface area (Å²) < 4.78 is 9.68. The molecule has 0 N–H and O–H groups in total. The van der Waals surface area contributed by atoms with Crippen LogP contribution in [0.1, 0.15) is 20.3 Å². The summed E-state index contributed by atoms with van der Waals surface area (Å²) in [6, 6.07) is 0. The Labute approximate surface area is 96.0 Å². The molecule has 0 bridgehead atoms. The Balaban J connectivity index is 4.02. The van der Waals surface area contributed by atoms with Crippen LogP contribution in [0.3, 0.4) is 0 Å². The van der Waals surface area contributed by atoms with Crippen molar-refractivity contribution in [3.8, 4) is 0 Å². The third kappa shape index (κ3) is 6.06. The number of ether oxygens (including phenoxy) is 2. The second-order valence-electron chi connectivity index (χ2n) is 3.10. The van der Waals surface area contributed by atoms with Crippen LogP contribution < -0.4 is 0 Å². The van der Waals surface area contributed by atoms with Gasteiger partial charge in [0.15, 0.2) is 0 Å². The fourth-order valence-corrected chi connectivity index (χ4v) is 0.944. The van der Waals surface area contributed by atoms with Crippen LogP contribution in [0.4, 0.5) is 4.79 Å². The van der Waals surface area contributed by atoms with E-state index in [2.05, 4.69) is 6.58 Å². The molecule has 0 aromatic carbocycles. The number of hydrogen-bond donors (Lipinski definition) is 0. The Kier molecular flexibility index (Phi) is 7.93. The van der Waals surface area contributed by atoms with E-state index in [4.69, 9.17) is 9.47 Å². The van der Waals surface area contributed by atoms with Crippen molar-refractivity contribution in [1.82, 2.24) is 4.90 Å². The number of hydrogen-bond acceptors (Lipinski definition) is 4. The van der Waals surface area contributed by atoms with E-state index in [-0.39, 0.29) is 13.2 Å². The third-order valence-electron chi connectivity index (χ3n) is 1.75. The average Bonchev–Trinajstić information content (AvgIpc) is 2.30. The predicted molar refractivity (Wildman–Crippen MR) is 60.0 cm³/mol. The highest BCUT2D eigenvalue weighted by Gasteiger charge is 2.16. The third-order valence-corrected chi connectivity index (χ3v) is 1.75. The minimum Gasteiger partial charge on any atom is -0.464 e. The van der Waals surface area contributed by atoms with Gasteiger partial charge in [0.1, 0.15) is 13.2 Å². The topological polar surface area (TPSA) is 55.8 Å². The van der Waals surface area contributed by atoms with Crippen molar-refractivity contribution in [3.63, 3.8) is 0 Å². The molecule has 0 heterocycles. The molecule has 16 heavy (non-hydrogen) atoms. The minimum atomic E-state index is -0.532. The summed E-state index contributed by atoms with van der Waals surface area (Å²) >= 11 is 0. The second kappa shape index (κ2) is 8.76. The summed E-state index contributed by atoms with van der Waals surface area (Å²) in [5.74, 6) is -0.417. The normalized spacial score (nSPS) is 9.38. The number of esters is 1. The molecule has 0 aromatic rings. The molecule has 0 unspecified atom stereocenters. The zero-order chi connectivity index (χ0) is 12.4. The number of nitrogens with zero attached hydrogens (tertiary/aromatic N) is 1. The monoisotopic (exact) mass is 229 g/mol. The number of carbonyl (C=O) groups excluding carboxylic acids is 2. The molecular weight excluding hydrogens is 210 g/mol. The zero-order valence-corrected chi connectivity index (χ0v) is 9.90. The van der Waals surface area contributed by atoms with Crippen LogP contribution in [0, 0.1) is 0 Å². The van der Waals surface area contributed by atoms with E-state index in [1.165, 1.54) is 11.0 Å². The van der Waals surface area contributed by atoms with E-state index in [0.29, 0.717) is 13.2 Å². The number of rotatable bonds is 7. The van der Waals surface area contributed by atoms with Gasteiger partial charge in [-0.2, -0.15) is 0 Å². The van der Waals surface area contributed by atoms with Gasteiger partial charge >= 0.3 is 12.1 Å². The van der Waals surface area contributed by atoms with Gasteiger partial charge in [0.2, 0.25) is 0 Å². The van der Waals surface area contributed by atoms with Crippen molar-refractivity contribution in [2.24, 2.45) is 0 Å². The van der Waals surface area contributed by atoms with Gasteiger partial charge in [-0.25, -0.2) is 4.79 Å². The minimum absolute atomic E-state index is 0.0769. The molecule has 1 amide bonds. The van der Waals surface area contributed by atoms with Crippen LogP contribution >= 0.6 is 0 Å². The zero-order valence-electron chi connectivity index (χ0n) is 9.90. The molecule has 0 atom stereocenters. The molecule has 0 saturated heterocycles. The SMILES string of the molecule is C=CCOC(=O)N(CC)CC(=O)OCCC. The highest BCUT2D eigenvalue weighted by molar-refractivity contribution is 5.78. The van der Waals surface area contributed by atoms with E-state index in [0.717, 1.165) is 6.42 Å². The molecule has 0 spiro atoms. The van der Waals surface area contributed by atoms with Crippen LogP contribution in [0.5, 0.6) is 0 Å². The molecule has 0 radical (unpaired) electrons. The van der Waals surface area contributed by atoms with Crippen molar-refractivity contribution < 1.29 is 19.1 Å². The Hall–Kier alpha value is -1.52. The Morgan fingerprint density at radius 3 is 2.50 bits per heavy atom. The molecule has 5 heteroatoms. The molecule has 5 nitrogen and oxygen atoms in total. The van der Waals surface area contributed by atoms with Gasteiger partial charge in [-0.15, -0.1) is 0 Å². The van der Waals surface area contributed by atoms with Gasteiger partial charge in [-0.3, -0.25) is 9.69 Å². The van der Waals surface area contributed by atoms with Crippen LogP contribution in [0.2, 0.25) is 0 Å². The smallest absolute Gasteiger partial charge is 0.410 e. The summed E-state index contributed by atoms with van der Waals surface area (Å²) in [5, 5.41) is 0. The lowest BCUT2D eigenvalue weighted by molar-refractivity contribution is -0.144. The molecule has 0 aliphatic carbocycles. The van der Waals surface area contributed by atoms with Crippen LogP contribution in [0.25, 0.3) is 0 Å². The summed E-state index contributed by atoms with van der Waals surface area (Å²) in [5.41, 5.74) is 0. The van der Waals surface area contributed by atoms with Crippen molar-refractivity contribution in [2.45, 2.75) is 20.3 Å². The van der Waals surface area contributed by atoms with E-state index in [9.17, 15) is 9.59 Å². The first-order chi connectivity index (χ1) is 7.65. The van der Waals surface area contributed by atoms with E-state index >= 15 is 0 Å². The largest absolute Gasteiger partial charge is 0.464 e. The number of amides is 1. The highest BCUT2D eigenvalue weighted by atomic mass is 16.6. The highest BCUT2D eigenvalue weighted by Crippen LogP contribution is 1.96. The number of likely N-dealkylation sites (N-methyl/N-ethyl adjacent to an activating group) is 1. The maximum atomic E-state index is 11.4. The molecule has 0 aromatic heterocycles. The first-order valence-corrected chi connectivity index (χ1v) is 5.33. The first kappa shape index (κ1) is 14.5. The fourth-order valence-electron chi connectivity index (χ4n) is 0.944. The summed E-state index contributed by atoms with van der Waals surface area (Å²) in [6.45, 7) is 7.94. The van der Waals surface area contributed by atoms with E-state index in [1.54, 1.807) is 6.92 Å². The van der Waals surface area contributed by atoms with Crippen molar-refractivity contribution in [1.29, 1.82) is 0 Å². The van der Waals surface area contributed by atoms with E-state index in [1.807, 2.05) is 6.92 Å². The van der Waals surface area contributed by atoms with Crippen molar-refractivity contribution >= 4 is 12.1 Å². The fraction of sp³-hybridized carbons (Fsp3) is 0.636. The lowest BCUT2D eigenvalue weighted by Crippen LogP contribution is -2.36. The Bertz CT molecular complexity index is 240. The lowest BCUT2D eigenvalue weighted by atomic mass is 10.5. The average molecular weight is 229 g/mol. The summed E-state index contributed by atoms with van der Waals surface area (Å²) in [6.07, 6.45) is 1.70. The van der Waals surface area contributed by atoms with E-state index < -0.39 is 12.1 Å². The van der Waals surface area contributed by atoms with Crippen LogP contribution in [-0.2, 0) is 14.3 Å². The molecule has 0 fully saturated rings. The molecule has 92 valence electrons. The lowest BCUT2D eigenvalue weighted by Gasteiger charge is -2.18. The van der Waals surface area contributed by atoms with Crippen LogP contribution in [-0.4, -0.2) is 43.3 Å². The molecule has 0 saturated carbocycles. The van der Waals surface area contributed by atoms with Crippen molar-refractivity contribution in [3.05, 3.63) is 12.7 Å². The molecule has 0 rings (SSSR count). The predicted octanol–water partition coefficient (Wildman–Crippen LogP) is 1.58. The molecule has 0 aliphatic heterocycles. The molecule has 0 aliphatic rings. The van der Waals surface area contributed by atoms with Gasteiger partial charge in [0.25, 0.3) is 0 Å². The van der Waals surface area contributed by atoms with Gasteiger partial charge in [-0.1, -0.05) is 19.6 Å². The van der Waals surface area contributed by atoms with Crippen molar-refractivity contribution in [2.75, 3.05) is 26.3 Å². The Morgan fingerprint density at radius 1 is 1.31 bits per heavy atom. The quantitative estimate of drug-likeness (QED) is 0.491. The number of carbonyl (C=O) groups is 2. The van der Waals surface area contributed by atoms with Crippen LogP contribution in [0.15, 0.2) is 12.7 Å². The van der Waals surface area contributed by atoms with Gasteiger partial charge in [-0.05, 0) is 13.3 Å². The standard InChI is InChI=1S/C11H19NO4/c1-4-7-15-10(13)9-12(6-3)11(14)16-8-5-2/h5H,2,4,6-9H2,1,3H3. The summed E-state index contributed by atoms with van der Waals surface area (Å²) in [7, 11) is 0. The van der Waals surface area contributed by atoms with Gasteiger partial charge in [0, 0.05) is 6.54 Å². The first-order valence-electron chi connectivity index (χ1n) is 5.33. The molecular formula is C11H19NO4. The maximum Gasteiger partial charge on any atom is 0.410 e. The summed E-state index contributed by atoms with van der Waals surface area (Å²) in [4.78, 5) is 23.9. The Morgan fingerprint density at radius 2 is 2.00 bits per heavy atom. The maximum absolute atomic E-state index is 11.4. The van der Waals surface area contributed by atoms with Gasteiger partial charge < -0.3 is 9.47 Å². The second-order valence-corrected chi connectivity index (χ2v) is 3.10. The van der Waals surface area contributed by atoms with Gasteiger partial charge in [0.05, 0.1) is 6.61 Å².